The molecule has 0 aliphatic carbocycles. The summed E-state index contributed by atoms with van der Waals surface area (Å²) in [7, 11) is 4.83. The van der Waals surface area contributed by atoms with E-state index in [0.29, 0.717) is 17.2 Å². The third-order valence-electron chi connectivity index (χ3n) is 3.41. The van der Waals surface area contributed by atoms with Gasteiger partial charge in [-0.1, -0.05) is 17.7 Å². The van der Waals surface area contributed by atoms with E-state index in [2.05, 4.69) is 4.37 Å². The largest absolute Gasteiger partial charge is 0.497 e. The Morgan fingerprint density at radius 2 is 1.64 bits per heavy atom. The Morgan fingerprint density at radius 1 is 0.920 bits per heavy atom. The third kappa shape index (κ3) is 4.93. The first-order valence-electron chi connectivity index (χ1n) is 7.52. The highest BCUT2D eigenvalue weighted by molar-refractivity contribution is 7.03. The number of halogens is 1. The van der Waals surface area contributed by atoms with Crippen LogP contribution in [0.4, 0.5) is 4.39 Å². The number of benzene rings is 2. The van der Waals surface area contributed by atoms with Crippen LogP contribution in [0.2, 0.25) is 0 Å². The van der Waals surface area contributed by atoms with E-state index in [4.69, 9.17) is 14.2 Å². The molecular weight excluding hydrogens is 341 g/mol. The molecule has 0 aliphatic rings. The third-order valence-corrected chi connectivity index (χ3v) is 3.97. The van der Waals surface area contributed by atoms with Crippen LogP contribution in [0.3, 0.4) is 0 Å². The highest BCUT2D eigenvalue weighted by atomic mass is 32.1. The van der Waals surface area contributed by atoms with Crippen molar-refractivity contribution in [2.24, 2.45) is 0 Å². The Balaban J connectivity index is 0.000000236. The molecule has 1 heterocycles. The minimum absolute atomic E-state index is 0.171. The fourth-order valence-electron chi connectivity index (χ4n) is 2.13. The van der Waals surface area contributed by atoms with Gasteiger partial charge in [0, 0.05) is 11.4 Å². The monoisotopic (exact) mass is 361 g/mol. The molecule has 0 spiro atoms. The van der Waals surface area contributed by atoms with Crippen LogP contribution in [-0.2, 0) is 0 Å². The number of hydrogen-bond acceptors (Lipinski definition) is 5. The first kappa shape index (κ1) is 18.7. The van der Waals surface area contributed by atoms with Crippen LogP contribution in [0.5, 0.6) is 17.2 Å². The summed E-state index contributed by atoms with van der Waals surface area (Å²) in [6.45, 7) is 1.93. The Morgan fingerprint density at radius 3 is 2.12 bits per heavy atom. The van der Waals surface area contributed by atoms with E-state index in [1.807, 2.05) is 24.4 Å². The molecule has 0 fully saturated rings. The van der Waals surface area contributed by atoms with Crippen molar-refractivity contribution in [1.82, 2.24) is 4.37 Å². The van der Waals surface area contributed by atoms with Crippen molar-refractivity contribution in [1.29, 1.82) is 0 Å². The number of ether oxygens (including phenoxy) is 3. The second-order valence-corrected chi connectivity index (χ2v) is 5.76. The van der Waals surface area contributed by atoms with E-state index in [9.17, 15) is 4.39 Å². The van der Waals surface area contributed by atoms with Crippen molar-refractivity contribution in [2.45, 2.75) is 6.92 Å². The smallest absolute Gasteiger partial charge is 0.170 e. The van der Waals surface area contributed by atoms with Gasteiger partial charge in [-0.25, -0.2) is 4.39 Å². The van der Waals surface area contributed by atoms with Crippen molar-refractivity contribution >= 4 is 11.5 Å². The van der Waals surface area contributed by atoms with Crippen molar-refractivity contribution in [2.75, 3.05) is 21.3 Å². The van der Waals surface area contributed by atoms with Crippen LogP contribution in [0.15, 0.2) is 47.8 Å². The van der Waals surface area contributed by atoms with Crippen molar-refractivity contribution in [3.63, 3.8) is 0 Å². The van der Waals surface area contributed by atoms with E-state index in [-0.39, 0.29) is 5.82 Å². The summed E-state index contributed by atoms with van der Waals surface area (Å²) < 4.78 is 32.3. The highest BCUT2D eigenvalue weighted by Gasteiger charge is 2.15. The van der Waals surface area contributed by atoms with Gasteiger partial charge < -0.3 is 14.2 Å². The van der Waals surface area contributed by atoms with Crippen molar-refractivity contribution < 1.29 is 18.6 Å². The standard InChI is InChI=1S/C12H13NO3S.C7H7F/c1-14-8-6-9(10-4-5-17-13-10)12(16-3)11(7-8)15-2;1-6-2-4-7(8)5-3-6/h4-7H,1-3H3;2-5H,1H3. The molecular formula is C19H20FNO3S. The first-order chi connectivity index (χ1) is 12.1. The molecule has 0 N–H and O–H groups in total. The van der Waals surface area contributed by atoms with Gasteiger partial charge in [-0.05, 0) is 42.7 Å². The van der Waals surface area contributed by atoms with Crippen LogP contribution >= 0.6 is 11.5 Å². The molecule has 0 radical (unpaired) electrons. The molecule has 0 atom stereocenters. The molecule has 2 aromatic carbocycles. The molecule has 132 valence electrons. The zero-order valence-electron chi connectivity index (χ0n) is 14.6. The van der Waals surface area contributed by atoms with Crippen LogP contribution < -0.4 is 14.2 Å². The number of hydrogen-bond donors (Lipinski definition) is 0. The number of methoxy groups -OCH3 is 3. The van der Waals surface area contributed by atoms with Crippen LogP contribution in [0, 0.1) is 12.7 Å². The van der Waals surface area contributed by atoms with E-state index in [1.165, 1.54) is 23.7 Å². The highest BCUT2D eigenvalue weighted by Crippen LogP contribution is 2.41. The van der Waals surface area contributed by atoms with Gasteiger partial charge in [0.1, 0.15) is 11.6 Å². The Labute approximate surface area is 151 Å². The molecule has 4 nitrogen and oxygen atoms in total. The first-order valence-corrected chi connectivity index (χ1v) is 8.35. The number of rotatable bonds is 4. The Kier molecular flexibility index (Phi) is 6.77. The SMILES string of the molecule is COc1cc(OC)c(OC)c(-c2ccsn2)c1.Cc1ccc(F)cc1. The Bertz CT molecular complexity index is 768. The molecule has 3 aromatic rings. The molecule has 0 bridgehead atoms. The molecule has 0 saturated carbocycles. The quantitative estimate of drug-likeness (QED) is 0.658. The summed E-state index contributed by atoms with van der Waals surface area (Å²) >= 11 is 1.39. The van der Waals surface area contributed by atoms with Gasteiger partial charge in [0.05, 0.1) is 32.6 Å². The lowest BCUT2D eigenvalue weighted by Crippen LogP contribution is -1.95. The van der Waals surface area contributed by atoms with Crippen LogP contribution in [0.25, 0.3) is 11.3 Å². The van der Waals surface area contributed by atoms with E-state index in [0.717, 1.165) is 16.8 Å². The summed E-state index contributed by atoms with van der Waals surface area (Å²) in [5.74, 6) is 1.84. The van der Waals surface area contributed by atoms with Gasteiger partial charge in [0.2, 0.25) is 0 Å². The average molecular weight is 361 g/mol. The lowest BCUT2D eigenvalue weighted by molar-refractivity contribution is 0.350. The lowest BCUT2D eigenvalue weighted by Gasteiger charge is -2.13. The number of aromatic nitrogens is 1. The van der Waals surface area contributed by atoms with E-state index >= 15 is 0 Å². The molecule has 0 aliphatic heterocycles. The summed E-state index contributed by atoms with van der Waals surface area (Å²) in [5, 5.41) is 1.92. The Hall–Kier alpha value is -2.60. The van der Waals surface area contributed by atoms with Crippen LogP contribution in [-0.4, -0.2) is 25.7 Å². The van der Waals surface area contributed by atoms with Gasteiger partial charge in [-0.15, -0.1) is 0 Å². The predicted octanol–water partition coefficient (Wildman–Crippen LogP) is 4.97. The maximum atomic E-state index is 12.1. The van der Waals surface area contributed by atoms with Gasteiger partial charge in [-0.3, -0.25) is 0 Å². The second-order valence-electron chi connectivity index (χ2n) is 5.09. The minimum Gasteiger partial charge on any atom is -0.497 e. The number of aryl methyl sites for hydroxylation is 1. The summed E-state index contributed by atoms with van der Waals surface area (Å²) in [6.07, 6.45) is 0. The fourth-order valence-corrected chi connectivity index (χ4v) is 2.66. The summed E-state index contributed by atoms with van der Waals surface area (Å²) in [5.41, 5.74) is 2.81. The van der Waals surface area contributed by atoms with Gasteiger partial charge in [-0.2, -0.15) is 4.37 Å². The van der Waals surface area contributed by atoms with Gasteiger partial charge in [0.25, 0.3) is 0 Å². The molecule has 25 heavy (non-hydrogen) atoms. The van der Waals surface area contributed by atoms with Gasteiger partial charge in [0.15, 0.2) is 11.5 Å². The molecule has 1 aromatic heterocycles. The zero-order valence-corrected chi connectivity index (χ0v) is 15.4. The maximum absolute atomic E-state index is 12.1. The van der Waals surface area contributed by atoms with Crippen molar-refractivity contribution in [3.05, 3.63) is 59.2 Å². The fraction of sp³-hybridized carbons (Fsp3) is 0.211. The minimum atomic E-state index is -0.171. The summed E-state index contributed by atoms with van der Waals surface area (Å²) in [6, 6.07) is 12.0. The van der Waals surface area contributed by atoms with Crippen molar-refractivity contribution in [3.8, 4) is 28.5 Å². The topological polar surface area (TPSA) is 40.6 Å². The lowest BCUT2D eigenvalue weighted by atomic mass is 10.1. The second kappa shape index (κ2) is 9.03. The molecule has 0 amide bonds. The predicted molar refractivity (Wildman–Crippen MR) is 98.3 cm³/mol. The van der Waals surface area contributed by atoms with E-state index < -0.39 is 0 Å². The van der Waals surface area contributed by atoms with Gasteiger partial charge >= 0.3 is 0 Å². The molecule has 3 rings (SSSR count). The van der Waals surface area contributed by atoms with E-state index in [1.54, 1.807) is 39.5 Å². The molecule has 6 heteroatoms. The zero-order chi connectivity index (χ0) is 18.2. The normalized spacial score (nSPS) is 9.80. The molecule has 0 saturated heterocycles. The maximum Gasteiger partial charge on any atom is 0.170 e. The molecule has 0 unspecified atom stereocenters. The number of nitrogens with zero attached hydrogens (tertiary/aromatic N) is 1. The van der Waals surface area contributed by atoms with Crippen LogP contribution in [0.1, 0.15) is 5.56 Å². The summed E-state index contributed by atoms with van der Waals surface area (Å²) in [4.78, 5) is 0. The average Bonchev–Trinajstić information content (AvgIpc) is 3.18.